The Morgan fingerprint density at radius 1 is 1.37 bits per heavy atom. The number of methoxy groups -OCH3 is 1. The van der Waals surface area contributed by atoms with Gasteiger partial charge in [0, 0.05) is 5.54 Å². The largest absolute Gasteiger partial charge is 0.469 e. The zero-order valence-electron chi connectivity index (χ0n) is 13.2. The minimum atomic E-state index is -0.0720. The van der Waals surface area contributed by atoms with Crippen LogP contribution in [0, 0.1) is 11.8 Å². The summed E-state index contributed by atoms with van der Waals surface area (Å²) in [5, 5.41) is 0. The summed E-state index contributed by atoms with van der Waals surface area (Å²) >= 11 is 0. The summed E-state index contributed by atoms with van der Waals surface area (Å²) in [7, 11) is 1.48. The van der Waals surface area contributed by atoms with E-state index in [1.165, 1.54) is 7.11 Å². The lowest BCUT2D eigenvalue weighted by molar-refractivity contribution is -0.148. The summed E-state index contributed by atoms with van der Waals surface area (Å²) in [5.41, 5.74) is 1.29. The van der Waals surface area contributed by atoms with E-state index < -0.39 is 0 Å². The molecule has 0 N–H and O–H groups in total. The van der Waals surface area contributed by atoms with Gasteiger partial charge in [0.05, 0.1) is 13.0 Å². The zero-order chi connectivity index (χ0) is 14.6. The van der Waals surface area contributed by atoms with Gasteiger partial charge >= 0.3 is 5.97 Å². The summed E-state index contributed by atoms with van der Waals surface area (Å²) in [6.07, 6.45) is 2.90. The van der Waals surface area contributed by atoms with E-state index in [1.54, 1.807) is 0 Å². The molecule has 110 valence electrons. The third kappa shape index (κ3) is 4.64. The fraction of sp³-hybridized carbons (Fsp3) is 0.812. The van der Waals surface area contributed by atoms with Crippen LogP contribution in [-0.4, -0.2) is 36.6 Å². The Kier molecular flexibility index (Phi) is 5.60. The number of esters is 1. The minimum absolute atomic E-state index is 0.00961. The van der Waals surface area contributed by atoms with E-state index in [1.807, 2.05) is 6.92 Å². The molecule has 1 unspecified atom stereocenters. The SMILES string of the molecule is C=C(C)CC(C(=O)OC)C1CCN(C(C)(C)C)CC1. The van der Waals surface area contributed by atoms with Crippen LogP contribution in [-0.2, 0) is 9.53 Å². The summed E-state index contributed by atoms with van der Waals surface area (Å²) in [4.78, 5) is 14.4. The molecule has 0 aromatic carbocycles. The number of carbonyl (C=O) groups is 1. The average molecular weight is 267 g/mol. The van der Waals surface area contributed by atoms with Crippen LogP contribution in [0.1, 0.15) is 47.0 Å². The lowest BCUT2D eigenvalue weighted by atomic mass is 9.80. The first-order valence-electron chi connectivity index (χ1n) is 7.23. The zero-order valence-corrected chi connectivity index (χ0v) is 13.2. The number of nitrogens with zero attached hydrogens (tertiary/aromatic N) is 1. The van der Waals surface area contributed by atoms with Crippen LogP contribution >= 0.6 is 0 Å². The van der Waals surface area contributed by atoms with Crippen molar-refractivity contribution in [1.29, 1.82) is 0 Å². The van der Waals surface area contributed by atoms with E-state index in [-0.39, 0.29) is 17.4 Å². The Morgan fingerprint density at radius 3 is 2.26 bits per heavy atom. The van der Waals surface area contributed by atoms with Gasteiger partial charge in [0.1, 0.15) is 0 Å². The molecule has 1 aliphatic rings. The molecular weight excluding hydrogens is 238 g/mol. The van der Waals surface area contributed by atoms with Crippen molar-refractivity contribution >= 4 is 5.97 Å². The van der Waals surface area contributed by atoms with Crippen LogP contribution in [0.3, 0.4) is 0 Å². The molecule has 3 nitrogen and oxygen atoms in total. The van der Waals surface area contributed by atoms with Crippen molar-refractivity contribution in [3.8, 4) is 0 Å². The normalized spacial score (nSPS) is 20.1. The molecule has 1 atom stereocenters. The summed E-state index contributed by atoms with van der Waals surface area (Å²) < 4.78 is 4.97. The lowest BCUT2D eigenvalue weighted by Gasteiger charge is -2.42. The molecule has 0 aliphatic carbocycles. The van der Waals surface area contributed by atoms with Gasteiger partial charge in [-0.1, -0.05) is 5.57 Å². The third-order valence-electron chi connectivity index (χ3n) is 4.13. The van der Waals surface area contributed by atoms with Crippen LogP contribution in [0.4, 0.5) is 0 Å². The molecule has 1 rings (SSSR count). The topological polar surface area (TPSA) is 29.5 Å². The molecule has 1 aliphatic heterocycles. The number of ether oxygens (including phenoxy) is 1. The molecule has 0 aromatic rings. The van der Waals surface area contributed by atoms with Crippen LogP contribution < -0.4 is 0 Å². The van der Waals surface area contributed by atoms with Crippen molar-refractivity contribution in [2.45, 2.75) is 52.5 Å². The van der Waals surface area contributed by atoms with Crippen molar-refractivity contribution in [1.82, 2.24) is 4.90 Å². The quantitative estimate of drug-likeness (QED) is 0.578. The molecule has 3 heteroatoms. The smallest absolute Gasteiger partial charge is 0.309 e. The molecule has 1 fully saturated rings. The van der Waals surface area contributed by atoms with Gasteiger partial charge in [-0.2, -0.15) is 0 Å². The van der Waals surface area contributed by atoms with E-state index in [0.29, 0.717) is 5.92 Å². The fourth-order valence-corrected chi connectivity index (χ4v) is 2.94. The van der Waals surface area contributed by atoms with Gasteiger partial charge in [-0.3, -0.25) is 9.69 Å². The molecule has 1 saturated heterocycles. The first kappa shape index (κ1) is 16.2. The maximum Gasteiger partial charge on any atom is 0.309 e. The van der Waals surface area contributed by atoms with Gasteiger partial charge < -0.3 is 4.74 Å². The maximum absolute atomic E-state index is 11.9. The molecular formula is C16H29NO2. The first-order chi connectivity index (χ1) is 8.75. The number of piperidine rings is 1. The summed E-state index contributed by atoms with van der Waals surface area (Å²) in [5.74, 6) is 0.351. The van der Waals surface area contributed by atoms with Crippen LogP contribution in [0.15, 0.2) is 12.2 Å². The highest BCUT2D eigenvalue weighted by molar-refractivity contribution is 5.73. The van der Waals surface area contributed by atoms with Gasteiger partial charge in [0.25, 0.3) is 0 Å². The van der Waals surface area contributed by atoms with Crippen LogP contribution in [0.5, 0.6) is 0 Å². The molecule has 0 saturated carbocycles. The van der Waals surface area contributed by atoms with Crippen molar-refractivity contribution in [2.75, 3.05) is 20.2 Å². The molecule has 0 aromatic heterocycles. The maximum atomic E-state index is 11.9. The van der Waals surface area contributed by atoms with Crippen LogP contribution in [0.2, 0.25) is 0 Å². The van der Waals surface area contributed by atoms with E-state index in [2.05, 4.69) is 32.3 Å². The molecule has 0 radical (unpaired) electrons. The van der Waals surface area contributed by atoms with Crippen molar-refractivity contribution in [3.63, 3.8) is 0 Å². The standard InChI is InChI=1S/C16H29NO2/c1-12(2)11-14(15(18)19-6)13-7-9-17(10-8-13)16(3,4)5/h13-14H,1,7-11H2,2-6H3. The minimum Gasteiger partial charge on any atom is -0.469 e. The Morgan fingerprint density at radius 2 is 1.89 bits per heavy atom. The Bertz CT molecular complexity index is 322. The van der Waals surface area contributed by atoms with E-state index in [9.17, 15) is 4.79 Å². The Balaban J connectivity index is 2.64. The van der Waals surface area contributed by atoms with E-state index >= 15 is 0 Å². The monoisotopic (exact) mass is 267 g/mol. The van der Waals surface area contributed by atoms with Gasteiger partial charge in [-0.25, -0.2) is 0 Å². The number of likely N-dealkylation sites (tertiary alicyclic amines) is 1. The van der Waals surface area contributed by atoms with Gasteiger partial charge in [0.15, 0.2) is 0 Å². The van der Waals surface area contributed by atoms with Gasteiger partial charge in [-0.15, -0.1) is 6.58 Å². The second-order valence-electron chi connectivity index (χ2n) is 6.79. The first-order valence-corrected chi connectivity index (χ1v) is 7.23. The average Bonchev–Trinajstić information content (AvgIpc) is 2.34. The number of hydrogen-bond acceptors (Lipinski definition) is 3. The second kappa shape index (κ2) is 6.56. The number of allylic oxidation sites excluding steroid dienone is 1. The van der Waals surface area contributed by atoms with E-state index in [4.69, 9.17) is 4.74 Å². The fourth-order valence-electron chi connectivity index (χ4n) is 2.94. The van der Waals surface area contributed by atoms with Crippen molar-refractivity contribution < 1.29 is 9.53 Å². The predicted molar refractivity (Wildman–Crippen MR) is 79.0 cm³/mol. The van der Waals surface area contributed by atoms with Gasteiger partial charge in [-0.05, 0) is 66.0 Å². The third-order valence-corrected chi connectivity index (χ3v) is 4.13. The van der Waals surface area contributed by atoms with Crippen LogP contribution in [0.25, 0.3) is 0 Å². The highest BCUT2D eigenvalue weighted by Gasteiger charge is 2.34. The lowest BCUT2D eigenvalue weighted by Crippen LogP contribution is -2.47. The number of carbonyl (C=O) groups excluding carboxylic acids is 1. The number of hydrogen-bond donors (Lipinski definition) is 0. The highest BCUT2D eigenvalue weighted by atomic mass is 16.5. The molecule has 0 amide bonds. The molecule has 1 heterocycles. The molecule has 0 bridgehead atoms. The van der Waals surface area contributed by atoms with E-state index in [0.717, 1.165) is 37.9 Å². The van der Waals surface area contributed by atoms with Crippen molar-refractivity contribution in [2.24, 2.45) is 11.8 Å². The summed E-state index contributed by atoms with van der Waals surface area (Å²) in [6, 6.07) is 0. The Labute approximate surface area is 118 Å². The number of rotatable bonds is 4. The molecule has 19 heavy (non-hydrogen) atoms. The van der Waals surface area contributed by atoms with Gasteiger partial charge in [0.2, 0.25) is 0 Å². The second-order valence-corrected chi connectivity index (χ2v) is 6.79. The predicted octanol–water partition coefficient (Wildman–Crippen LogP) is 3.25. The Hall–Kier alpha value is -0.830. The summed E-state index contributed by atoms with van der Waals surface area (Å²) in [6.45, 7) is 14.8. The molecule has 0 spiro atoms. The highest BCUT2D eigenvalue weighted by Crippen LogP contribution is 2.32. The van der Waals surface area contributed by atoms with Crippen molar-refractivity contribution in [3.05, 3.63) is 12.2 Å².